The topological polar surface area (TPSA) is 66.6 Å². The summed E-state index contributed by atoms with van der Waals surface area (Å²) in [6, 6.07) is 17.0. The number of carbonyl (C=O) groups excluding carboxylic acids is 1. The van der Waals surface area contributed by atoms with Crippen molar-refractivity contribution in [2.75, 3.05) is 13.2 Å². The number of aliphatic hydroxyl groups excluding tert-OH is 1. The summed E-state index contributed by atoms with van der Waals surface area (Å²) < 4.78 is 5.48. The van der Waals surface area contributed by atoms with Gasteiger partial charge in [-0.25, -0.2) is 4.98 Å². The molecule has 1 N–H and O–H groups in total. The van der Waals surface area contributed by atoms with Gasteiger partial charge in [-0.1, -0.05) is 42.5 Å². The Morgan fingerprint density at radius 2 is 1.92 bits per heavy atom. The van der Waals surface area contributed by atoms with Crippen LogP contribution in [0.5, 0.6) is 0 Å². The zero-order valence-electron chi connectivity index (χ0n) is 13.6. The first-order valence-electron chi connectivity index (χ1n) is 8.28. The Bertz CT molecular complexity index is 889. The lowest BCUT2D eigenvalue weighted by atomic mass is 9.93. The first-order chi connectivity index (χ1) is 12.3. The van der Waals surface area contributed by atoms with Gasteiger partial charge in [-0.15, -0.1) is 0 Å². The normalized spacial score (nSPS) is 16.5. The van der Waals surface area contributed by atoms with Crippen LogP contribution in [-0.4, -0.2) is 34.0 Å². The second kappa shape index (κ2) is 6.53. The van der Waals surface area contributed by atoms with Gasteiger partial charge in [0.2, 0.25) is 5.89 Å². The van der Waals surface area contributed by atoms with Crippen molar-refractivity contribution >= 4 is 5.91 Å². The lowest BCUT2D eigenvalue weighted by Crippen LogP contribution is -2.41. The molecule has 0 fully saturated rings. The lowest BCUT2D eigenvalue weighted by molar-refractivity contribution is 0.0563. The average Bonchev–Trinajstić information content (AvgIpc) is 3.17. The molecule has 1 aromatic heterocycles. The first-order valence-corrected chi connectivity index (χ1v) is 8.28. The minimum Gasteiger partial charge on any atom is -0.444 e. The van der Waals surface area contributed by atoms with Crippen molar-refractivity contribution < 1.29 is 14.3 Å². The fraction of sp³-hybridized carbons (Fsp3) is 0.200. The molecule has 3 aromatic rings. The van der Waals surface area contributed by atoms with Gasteiger partial charge in [-0.2, -0.15) is 0 Å². The van der Waals surface area contributed by atoms with E-state index in [0.717, 1.165) is 17.5 Å². The highest BCUT2D eigenvalue weighted by atomic mass is 16.3. The van der Waals surface area contributed by atoms with Gasteiger partial charge in [-0.05, 0) is 29.7 Å². The van der Waals surface area contributed by atoms with Crippen LogP contribution in [0.25, 0.3) is 11.5 Å². The molecule has 1 amide bonds. The second-order valence-corrected chi connectivity index (χ2v) is 6.05. The van der Waals surface area contributed by atoms with Crippen LogP contribution in [0, 0.1) is 0 Å². The number of benzene rings is 2. The Kier molecular flexibility index (Phi) is 4.07. The molecule has 2 heterocycles. The Morgan fingerprint density at radius 3 is 2.72 bits per heavy atom. The quantitative estimate of drug-likeness (QED) is 0.799. The summed E-state index contributed by atoms with van der Waals surface area (Å²) in [5.41, 5.74) is 3.26. The van der Waals surface area contributed by atoms with Gasteiger partial charge in [-0.3, -0.25) is 4.79 Å². The van der Waals surface area contributed by atoms with Crippen LogP contribution >= 0.6 is 0 Å². The van der Waals surface area contributed by atoms with E-state index in [4.69, 9.17) is 4.42 Å². The molecule has 0 saturated heterocycles. The summed E-state index contributed by atoms with van der Waals surface area (Å²) in [7, 11) is 0. The predicted octanol–water partition coefficient (Wildman–Crippen LogP) is 3.07. The molecule has 0 spiro atoms. The summed E-state index contributed by atoms with van der Waals surface area (Å²) in [6.45, 7) is 0.431. The molecule has 2 aromatic carbocycles. The van der Waals surface area contributed by atoms with Crippen LogP contribution in [0.3, 0.4) is 0 Å². The van der Waals surface area contributed by atoms with E-state index in [1.54, 1.807) is 4.90 Å². The summed E-state index contributed by atoms with van der Waals surface area (Å²) in [6.07, 6.45) is 2.15. The number of aliphatic hydroxyl groups is 1. The summed E-state index contributed by atoms with van der Waals surface area (Å²) >= 11 is 0. The van der Waals surface area contributed by atoms with E-state index in [1.807, 2.05) is 54.6 Å². The van der Waals surface area contributed by atoms with Gasteiger partial charge in [0.05, 0.1) is 12.6 Å². The Labute approximate surface area is 145 Å². The maximum absolute atomic E-state index is 12.9. The third-order valence-corrected chi connectivity index (χ3v) is 4.59. The third kappa shape index (κ3) is 2.83. The number of nitrogens with zero attached hydrogens (tertiary/aromatic N) is 2. The molecule has 0 bridgehead atoms. The second-order valence-electron chi connectivity index (χ2n) is 6.05. The van der Waals surface area contributed by atoms with Crippen LogP contribution in [0.15, 0.2) is 65.3 Å². The molecule has 1 atom stereocenters. The van der Waals surface area contributed by atoms with E-state index in [9.17, 15) is 9.90 Å². The van der Waals surface area contributed by atoms with Crippen LogP contribution < -0.4 is 0 Å². The third-order valence-electron chi connectivity index (χ3n) is 4.59. The molecule has 126 valence electrons. The van der Waals surface area contributed by atoms with E-state index >= 15 is 0 Å². The van der Waals surface area contributed by atoms with Gasteiger partial charge in [0, 0.05) is 12.1 Å². The number of fused-ring (bicyclic) bond motifs is 1. The largest absolute Gasteiger partial charge is 0.444 e. The van der Waals surface area contributed by atoms with Gasteiger partial charge in [0.25, 0.3) is 5.91 Å². The monoisotopic (exact) mass is 334 g/mol. The smallest absolute Gasteiger partial charge is 0.276 e. The maximum atomic E-state index is 12.9. The molecule has 0 saturated carbocycles. The number of hydrogen-bond acceptors (Lipinski definition) is 4. The van der Waals surface area contributed by atoms with E-state index in [1.165, 1.54) is 11.8 Å². The first kappa shape index (κ1) is 15.6. The molecule has 4 rings (SSSR count). The van der Waals surface area contributed by atoms with Crippen molar-refractivity contribution in [2.45, 2.75) is 12.5 Å². The lowest BCUT2D eigenvalue weighted by Gasteiger charge is -2.35. The Morgan fingerprint density at radius 1 is 1.16 bits per heavy atom. The SMILES string of the molecule is O=C(c1coc(-c2ccccc2)n1)N1CCc2ccccc2[C@H]1CO. The van der Waals surface area contributed by atoms with Crippen molar-refractivity contribution in [3.05, 3.63) is 77.7 Å². The maximum Gasteiger partial charge on any atom is 0.276 e. The van der Waals surface area contributed by atoms with E-state index in [0.29, 0.717) is 12.4 Å². The Hall–Kier alpha value is -2.92. The van der Waals surface area contributed by atoms with Crippen LogP contribution in [0.2, 0.25) is 0 Å². The molecule has 0 unspecified atom stereocenters. The van der Waals surface area contributed by atoms with E-state index < -0.39 is 0 Å². The predicted molar refractivity (Wildman–Crippen MR) is 92.9 cm³/mol. The van der Waals surface area contributed by atoms with Gasteiger partial charge < -0.3 is 14.4 Å². The number of oxazole rings is 1. The molecule has 0 aliphatic carbocycles. The summed E-state index contributed by atoms with van der Waals surface area (Å²) in [4.78, 5) is 18.9. The molecule has 5 heteroatoms. The summed E-state index contributed by atoms with van der Waals surface area (Å²) in [5.74, 6) is 0.196. The molecular formula is C20H18N2O3. The molecule has 0 radical (unpaired) electrons. The van der Waals surface area contributed by atoms with Gasteiger partial charge >= 0.3 is 0 Å². The van der Waals surface area contributed by atoms with Crippen molar-refractivity contribution in [1.29, 1.82) is 0 Å². The summed E-state index contributed by atoms with van der Waals surface area (Å²) in [5, 5.41) is 9.85. The van der Waals surface area contributed by atoms with Crippen LogP contribution in [0.1, 0.15) is 27.7 Å². The minimum absolute atomic E-state index is 0.119. The number of aromatic nitrogens is 1. The van der Waals surface area contributed by atoms with Crippen molar-refractivity contribution in [1.82, 2.24) is 9.88 Å². The highest BCUT2D eigenvalue weighted by Gasteiger charge is 2.32. The number of hydrogen-bond donors (Lipinski definition) is 1. The van der Waals surface area contributed by atoms with Crippen LogP contribution in [-0.2, 0) is 6.42 Å². The zero-order valence-corrected chi connectivity index (χ0v) is 13.6. The highest BCUT2D eigenvalue weighted by Crippen LogP contribution is 2.30. The fourth-order valence-electron chi connectivity index (χ4n) is 3.32. The van der Waals surface area contributed by atoms with Crippen molar-refractivity contribution in [3.8, 4) is 11.5 Å². The molecule has 5 nitrogen and oxygen atoms in total. The number of rotatable bonds is 3. The molecule has 1 aliphatic heterocycles. The Balaban J connectivity index is 1.62. The van der Waals surface area contributed by atoms with Crippen molar-refractivity contribution in [2.24, 2.45) is 0 Å². The van der Waals surface area contributed by atoms with E-state index in [2.05, 4.69) is 4.98 Å². The highest BCUT2D eigenvalue weighted by molar-refractivity contribution is 5.93. The average molecular weight is 334 g/mol. The van der Waals surface area contributed by atoms with Gasteiger partial charge in [0.1, 0.15) is 6.26 Å². The standard InChI is InChI=1S/C20H18N2O3/c23-12-18-16-9-5-4-6-14(16)10-11-22(18)20(24)17-13-25-19(21-17)15-7-2-1-3-8-15/h1-9,13,18,23H,10-12H2/t18-/m1/s1. The van der Waals surface area contributed by atoms with Gasteiger partial charge in [0.15, 0.2) is 5.69 Å². The molecular weight excluding hydrogens is 316 g/mol. The zero-order chi connectivity index (χ0) is 17.2. The molecule has 1 aliphatic rings. The number of amides is 1. The fourth-order valence-corrected chi connectivity index (χ4v) is 3.32. The minimum atomic E-state index is -0.352. The van der Waals surface area contributed by atoms with Crippen LogP contribution in [0.4, 0.5) is 0 Å². The number of carbonyl (C=O) groups is 1. The van der Waals surface area contributed by atoms with E-state index in [-0.39, 0.29) is 24.2 Å². The van der Waals surface area contributed by atoms with Crippen molar-refractivity contribution in [3.63, 3.8) is 0 Å². The molecule has 25 heavy (non-hydrogen) atoms.